The largest absolute Gasteiger partial charge is 0.444 e. The fourth-order valence-corrected chi connectivity index (χ4v) is 1.88. The Bertz CT molecular complexity index is 280. The molecule has 0 bridgehead atoms. The van der Waals surface area contributed by atoms with Crippen LogP contribution in [0.15, 0.2) is 0 Å². The highest BCUT2D eigenvalue weighted by Crippen LogP contribution is 2.21. The number of ether oxygens (including phenoxy) is 1. The summed E-state index contributed by atoms with van der Waals surface area (Å²) >= 11 is 0. The molecule has 4 heteroatoms. The number of Topliss-reactive ketones (excluding diaryl/α,β-unsaturated/α-hetero) is 1. The Kier molecular flexibility index (Phi) is 3.94. The van der Waals surface area contributed by atoms with Gasteiger partial charge in [-0.3, -0.25) is 4.79 Å². The molecule has 1 aliphatic carbocycles. The van der Waals surface area contributed by atoms with E-state index in [0.717, 1.165) is 6.42 Å². The summed E-state index contributed by atoms with van der Waals surface area (Å²) in [5.74, 6) is 0.489. The highest BCUT2D eigenvalue weighted by atomic mass is 16.6. The van der Waals surface area contributed by atoms with Gasteiger partial charge in [0.15, 0.2) is 0 Å². The number of hydrogen-bond donors (Lipinski definition) is 1. The van der Waals surface area contributed by atoms with Crippen LogP contribution in [0, 0.1) is 5.92 Å². The van der Waals surface area contributed by atoms with Crippen molar-refractivity contribution in [3.05, 3.63) is 0 Å². The second kappa shape index (κ2) is 4.85. The number of carbonyl (C=O) groups is 2. The number of amides is 1. The molecule has 1 saturated carbocycles. The van der Waals surface area contributed by atoms with E-state index in [1.54, 1.807) is 0 Å². The summed E-state index contributed by atoms with van der Waals surface area (Å²) in [5.41, 5.74) is -0.474. The molecule has 1 N–H and O–H groups in total. The van der Waals surface area contributed by atoms with E-state index >= 15 is 0 Å². The Morgan fingerprint density at radius 3 is 2.56 bits per heavy atom. The first-order chi connectivity index (χ1) is 7.28. The number of alkyl carbamates (subject to hydrolysis) is 1. The van der Waals surface area contributed by atoms with Gasteiger partial charge < -0.3 is 10.1 Å². The van der Waals surface area contributed by atoms with Gasteiger partial charge in [-0.15, -0.1) is 0 Å². The zero-order chi connectivity index (χ0) is 12.3. The molecule has 92 valence electrons. The first-order valence-corrected chi connectivity index (χ1v) is 5.79. The van der Waals surface area contributed by atoms with Gasteiger partial charge in [0.2, 0.25) is 0 Å². The van der Waals surface area contributed by atoms with Gasteiger partial charge in [-0.1, -0.05) is 6.92 Å². The van der Waals surface area contributed by atoms with Gasteiger partial charge in [-0.25, -0.2) is 4.79 Å². The Labute approximate surface area is 96.7 Å². The van der Waals surface area contributed by atoms with Gasteiger partial charge >= 0.3 is 6.09 Å². The number of carbonyl (C=O) groups excluding carboxylic acids is 2. The standard InChI is InChI=1S/C12H21NO3/c1-8-7-9(14)5-6-10(8)13-11(15)16-12(2,3)4/h8,10H,5-7H2,1-4H3,(H,13,15)/t8-,10+/m1/s1. The molecular weight excluding hydrogens is 206 g/mol. The van der Waals surface area contributed by atoms with Gasteiger partial charge in [-0.05, 0) is 33.1 Å². The van der Waals surface area contributed by atoms with Crippen LogP contribution in [0.25, 0.3) is 0 Å². The van der Waals surface area contributed by atoms with E-state index in [9.17, 15) is 9.59 Å². The Morgan fingerprint density at radius 2 is 2.06 bits per heavy atom. The molecule has 16 heavy (non-hydrogen) atoms. The lowest BCUT2D eigenvalue weighted by molar-refractivity contribution is -0.121. The number of rotatable bonds is 1. The van der Waals surface area contributed by atoms with Crippen LogP contribution in [-0.2, 0) is 9.53 Å². The minimum absolute atomic E-state index is 0.0625. The van der Waals surface area contributed by atoms with Crippen molar-refractivity contribution in [2.45, 2.75) is 58.6 Å². The molecule has 0 spiro atoms. The summed E-state index contributed by atoms with van der Waals surface area (Å²) < 4.78 is 5.18. The maximum absolute atomic E-state index is 11.5. The van der Waals surface area contributed by atoms with Gasteiger partial charge in [0.05, 0.1) is 0 Å². The van der Waals surface area contributed by atoms with Crippen molar-refractivity contribution in [1.82, 2.24) is 5.32 Å². The minimum Gasteiger partial charge on any atom is -0.444 e. The molecule has 2 atom stereocenters. The number of nitrogens with one attached hydrogen (secondary N) is 1. The van der Waals surface area contributed by atoms with Crippen molar-refractivity contribution >= 4 is 11.9 Å². The van der Waals surface area contributed by atoms with Crippen molar-refractivity contribution in [2.24, 2.45) is 5.92 Å². The average Bonchev–Trinajstić information content (AvgIpc) is 2.06. The van der Waals surface area contributed by atoms with Crippen LogP contribution in [0.4, 0.5) is 4.79 Å². The first kappa shape index (κ1) is 13.0. The minimum atomic E-state index is -0.474. The molecule has 0 heterocycles. The van der Waals surface area contributed by atoms with Gasteiger partial charge in [0.25, 0.3) is 0 Å². The third-order valence-corrected chi connectivity index (χ3v) is 2.67. The quantitative estimate of drug-likeness (QED) is 0.747. The topological polar surface area (TPSA) is 55.4 Å². The molecule has 0 aromatic rings. The predicted molar refractivity (Wildman–Crippen MR) is 61.2 cm³/mol. The third kappa shape index (κ3) is 4.21. The molecule has 0 aromatic heterocycles. The van der Waals surface area contributed by atoms with Crippen LogP contribution in [-0.4, -0.2) is 23.5 Å². The van der Waals surface area contributed by atoms with E-state index < -0.39 is 11.7 Å². The first-order valence-electron chi connectivity index (χ1n) is 5.79. The second-order valence-electron chi connectivity index (χ2n) is 5.51. The monoisotopic (exact) mass is 227 g/mol. The van der Waals surface area contributed by atoms with Crippen molar-refractivity contribution in [3.8, 4) is 0 Å². The number of ketones is 1. The summed E-state index contributed by atoms with van der Waals surface area (Å²) in [5, 5.41) is 2.83. The third-order valence-electron chi connectivity index (χ3n) is 2.67. The molecule has 0 saturated heterocycles. The lowest BCUT2D eigenvalue weighted by Crippen LogP contribution is -2.44. The van der Waals surface area contributed by atoms with E-state index in [-0.39, 0.29) is 17.7 Å². The van der Waals surface area contributed by atoms with E-state index in [2.05, 4.69) is 5.32 Å². The summed E-state index contributed by atoms with van der Waals surface area (Å²) in [6.07, 6.45) is 1.45. The van der Waals surface area contributed by atoms with Gasteiger partial charge in [0, 0.05) is 18.9 Å². The number of hydrogen-bond acceptors (Lipinski definition) is 3. The van der Waals surface area contributed by atoms with Crippen molar-refractivity contribution < 1.29 is 14.3 Å². The summed E-state index contributed by atoms with van der Waals surface area (Å²) in [6, 6.07) is 0.0625. The van der Waals surface area contributed by atoms with Gasteiger partial charge in [0.1, 0.15) is 11.4 Å². The maximum atomic E-state index is 11.5. The van der Waals surface area contributed by atoms with Crippen LogP contribution in [0.2, 0.25) is 0 Å². The van der Waals surface area contributed by atoms with E-state index in [4.69, 9.17) is 4.74 Å². The Morgan fingerprint density at radius 1 is 1.44 bits per heavy atom. The zero-order valence-corrected chi connectivity index (χ0v) is 10.5. The van der Waals surface area contributed by atoms with E-state index in [1.165, 1.54) is 0 Å². The molecule has 4 nitrogen and oxygen atoms in total. The SMILES string of the molecule is C[C@@H]1CC(=O)CC[C@@H]1NC(=O)OC(C)(C)C. The summed E-state index contributed by atoms with van der Waals surface area (Å²) in [7, 11) is 0. The van der Waals surface area contributed by atoms with Crippen LogP contribution >= 0.6 is 0 Å². The van der Waals surface area contributed by atoms with Crippen molar-refractivity contribution in [2.75, 3.05) is 0 Å². The van der Waals surface area contributed by atoms with Crippen LogP contribution < -0.4 is 5.32 Å². The summed E-state index contributed by atoms with van der Waals surface area (Å²) in [4.78, 5) is 22.7. The second-order valence-corrected chi connectivity index (χ2v) is 5.51. The Hall–Kier alpha value is -1.06. The van der Waals surface area contributed by atoms with Crippen molar-refractivity contribution in [3.63, 3.8) is 0 Å². The fourth-order valence-electron chi connectivity index (χ4n) is 1.88. The van der Waals surface area contributed by atoms with Crippen LogP contribution in [0.5, 0.6) is 0 Å². The Balaban J connectivity index is 2.42. The highest BCUT2D eigenvalue weighted by Gasteiger charge is 2.28. The summed E-state index contributed by atoms with van der Waals surface area (Å²) in [6.45, 7) is 7.49. The molecular formula is C12H21NO3. The lowest BCUT2D eigenvalue weighted by atomic mass is 9.85. The molecule has 1 fully saturated rings. The highest BCUT2D eigenvalue weighted by molar-refractivity contribution is 5.80. The van der Waals surface area contributed by atoms with Gasteiger partial charge in [-0.2, -0.15) is 0 Å². The molecule has 0 aliphatic heterocycles. The molecule has 1 rings (SSSR count). The molecule has 0 unspecified atom stereocenters. The van der Waals surface area contributed by atoms with E-state index in [1.807, 2.05) is 27.7 Å². The average molecular weight is 227 g/mol. The van der Waals surface area contributed by atoms with Crippen LogP contribution in [0.3, 0.4) is 0 Å². The smallest absolute Gasteiger partial charge is 0.407 e. The molecule has 0 aromatic carbocycles. The molecule has 1 amide bonds. The van der Waals surface area contributed by atoms with Crippen LogP contribution in [0.1, 0.15) is 47.0 Å². The molecule has 0 radical (unpaired) electrons. The fraction of sp³-hybridized carbons (Fsp3) is 0.833. The van der Waals surface area contributed by atoms with Crippen molar-refractivity contribution in [1.29, 1.82) is 0 Å². The molecule has 1 aliphatic rings. The lowest BCUT2D eigenvalue weighted by Gasteiger charge is -2.30. The zero-order valence-electron chi connectivity index (χ0n) is 10.5. The normalized spacial score (nSPS) is 26.4. The predicted octanol–water partition coefficient (Wildman–Crippen LogP) is 2.27. The maximum Gasteiger partial charge on any atom is 0.407 e. The van der Waals surface area contributed by atoms with E-state index in [0.29, 0.717) is 12.8 Å².